The fraction of sp³-hybridized carbons (Fsp3) is 0.467. The first-order valence-electron chi connectivity index (χ1n) is 6.94. The van der Waals surface area contributed by atoms with Crippen molar-refractivity contribution in [2.75, 3.05) is 0 Å². The predicted molar refractivity (Wildman–Crippen MR) is 76.4 cm³/mol. The van der Waals surface area contributed by atoms with E-state index in [0.29, 0.717) is 24.4 Å². The Morgan fingerprint density at radius 2 is 2.00 bits per heavy atom. The van der Waals surface area contributed by atoms with Crippen molar-refractivity contribution in [1.82, 2.24) is 15.5 Å². The summed E-state index contributed by atoms with van der Waals surface area (Å²) in [5, 5.41) is 7.22. The van der Waals surface area contributed by atoms with Crippen LogP contribution in [-0.4, -0.2) is 16.2 Å². The zero-order valence-corrected chi connectivity index (χ0v) is 12.2. The molecule has 0 unspecified atom stereocenters. The van der Waals surface area contributed by atoms with Gasteiger partial charge in [0.15, 0.2) is 6.61 Å². The second-order valence-electron chi connectivity index (χ2n) is 4.93. The first kappa shape index (κ1) is 14.5. The first-order valence-corrected chi connectivity index (χ1v) is 6.94. The summed E-state index contributed by atoms with van der Waals surface area (Å²) in [7, 11) is 0. The van der Waals surface area contributed by atoms with Crippen LogP contribution in [0.4, 0.5) is 0 Å². The third-order valence-corrected chi connectivity index (χ3v) is 2.82. The molecule has 0 radical (unpaired) electrons. The van der Waals surface area contributed by atoms with Crippen molar-refractivity contribution in [1.29, 1.82) is 0 Å². The van der Waals surface area contributed by atoms with E-state index in [1.54, 1.807) is 0 Å². The summed E-state index contributed by atoms with van der Waals surface area (Å²) < 4.78 is 10.7. The fourth-order valence-electron chi connectivity index (χ4n) is 1.67. The van der Waals surface area contributed by atoms with Gasteiger partial charge in [0.05, 0.1) is 0 Å². The molecule has 0 aliphatic rings. The van der Waals surface area contributed by atoms with Gasteiger partial charge in [0.1, 0.15) is 5.75 Å². The van der Waals surface area contributed by atoms with Crippen LogP contribution in [0.1, 0.15) is 38.0 Å². The van der Waals surface area contributed by atoms with E-state index < -0.39 is 0 Å². The molecule has 0 saturated heterocycles. The minimum atomic E-state index is 0.326. The van der Waals surface area contributed by atoms with Crippen LogP contribution in [0, 0.1) is 0 Å². The molecule has 2 rings (SSSR count). The molecule has 0 spiro atoms. The highest BCUT2D eigenvalue weighted by molar-refractivity contribution is 5.27. The molecule has 1 aromatic heterocycles. The maximum Gasteiger partial charge on any atom is 0.226 e. The van der Waals surface area contributed by atoms with Gasteiger partial charge in [-0.15, -0.1) is 0 Å². The van der Waals surface area contributed by atoms with E-state index in [4.69, 9.17) is 9.26 Å². The van der Waals surface area contributed by atoms with Gasteiger partial charge in [0.2, 0.25) is 11.7 Å². The predicted octanol–water partition coefficient (Wildman–Crippen LogP) is 2.71. The first-order chi connectivity index (χ1) is 9.67. The summed E-state index contributed by atoms with van der Waals surface area (Å²) >= 11 is 0. The van der Waals surface area contributed by atoms with E-state index in [1.807, 2.05) is 19.1 Å². The Balaban J connectivity index is 1.84. The van der Waals surface area contributed by atoms with Crippen molar-refractivity contribution >= 4 is 0 Å². The highest BCUT2D eigenvalue weighted by Gasteiger charge is 2.05. The Labute approximate surface area is 119 Å². The number of benzene rings is 1. The minimum Gasteiger partial charge on any atom is -0.485 e. The summed E-state index contributed by atoms with van der Waals surface area (Å²) in [5.74, 6) is 2.02. The van der Waals surface area contributed by atoms with E-state index in [-0.39, 0.29) is 0 Å². The molecule has 108 valence electrons. The molecule has 0 atom stereocenters. The Morgan fingerprint density at radius 3 is 2.60 bits per heavy atom. The van der Waals surface area contributed by atoms with Gasteiger partial charge >= 0.3 is 0 Å². The molecule has 1 aromatic carbocycles. The second-order valence-corrected chi connectivity index (χ2v) is 4.93. The highest BCUT2D eigenvalue weighted by Crippen LogP contribution is 2.13. The number of nitrogens with one attached hydrogen (secondary N) is 1. The van der Waals surface area contributed by atoms with E-state index in [1.165, 1.54) is 5.56 Å². The number of hydrogen-bond donors (Lipinski definition) is 1. The molecule has 1 heterocycles. The summed E-state index contributed by atoms with van der Waals surface area (Å²) in [6, 6.07) is 8.50. The lowest BCUT2D eigenvalue weighted by molar-refractivity contribution is 0.285. The van der Waals surface area contributed by atoms with Gasteiger partial charge in [-0.25, -0.2) is 0 Å². The van der Waals surface area contributed by atoms with Gasteiger partial charge in [-0.1, -0.05) is 38.1 Å². The number of ether oxygens (including phenoxy) is 1. The van der Waals surface area contributed by atoms with Crippen LogP contribution in [0.15, 0.2) is 28.8 Å². The van der Waals surface area contributed by atoms with E-state index >= 15 is 0 Å². The van der Waals surface area contributed by atoms with Crippen LogP contribution < -0.4 is 10.1 Å². The molecule has 0 bridgehead atoms. The van der Waals surface area contributed by atoms with Crippen molar-refractivity contribution < 1.29 is 9.26 Å². The summed E-state index contributed by atoms with van der Waals surface area (Å²) in [6.45, 7) is 7.43. The topological polar surface area (TPSA) is 60.2 Å². The molecule has 2 aromatic rings. The molecule has 20 heavy (non-hydrogen) atoms. The molecule has 5 heteroatoms. The number of aryl methyl sites for hydroxylation is 1. The Kier molecular flexibility index (Phi) is 5.12. The van der Waals surface area contributed by atoms with Gasteiger partial charge in [-0.05, 0) is 17.7 Å². The fourth-order valence-corrected chi connectivity index (χ4v) is 1.67. The van der Waals surface area contributed by atoms with Gasteiger partial charge in [0.25, 0.3) is 0 Å². The van der Waals surface area contributed by atoms with Crippen LogP contribution >= 0.6 is 0 Å². The van der Waals surface area contributed by atoms with E-state index in [0.717, 1.165) is 18.7 Å². The largest absolute Gasteiger partial charge is 0.485 e. The molecule has 1 N–H and O–H groups in total. The molecular weight excluding hydrogens is 254 g/mol. The van der Waals surface area contributed by atoms with Gasteiger partial charge in [-0.2, -0.15) is 4.98 Å². The van der Waals surface area contributed by atoms with Gasteiger partial charge < -0.3 is 14.6 Å². The van der Waals surface area contributed by atoms with E-state index in [2.05, 4.69) is 41.4 Å². The lowest BCUT2D eigenvalue weighted by atomic mass is 10.2. The highest BCUT2D eigenvalue weighted by atomic mass is 16.5. The van der Waals surface area contributed by atoms with Crippen molar-refractivity contribution in [2.24, 2.45) is 0 Å². The van der Waals surface area contributed by atoms with Crippen molar-refractivity contribution in [3.63, 3.8) is 0 Å². The molecule has 5 nitrogen and oxygen atoms in total. The molecule has 0 aliphatic carbocycles. The number of aromatic nitrogens is 2. The summed E-state index contributed by atoms with van der Waals surface area (Å²) in [6.07, 6.45) is 0.741. The number of nitrogens with zero attached hydrogens (tertiary/aromatic N) is 2. The van der Waals surface area contributed by atoms with Crippen LogP contribution in [0.3, 0.4) is 0 Å². The monoisotopic (exact) mass is 275 g/mol. The lowest BCUT2D eigenvalue weighted by Crippen LogP contribution is -2.21. The average molecular weight is 275 g/mol. The number of rotatable bonds is 7. The van der Waals surface area contributed by atoms with Crippen LogP contribution in [0.5, 0.6) is 5.75 Å². The Morgan fingerprint density at radius 1 is 1.25 bits per heavy atom. The lowest BCUT2D eigenvalue weighted by Gasteiger charge is -2.09. The third-order valence-electron chi connectivity index (χ3n) is 2.82. The standard InChI is InChI=1S/C15H21N3O2/c1-4-15-17-14(18-20-15)10-19-13-7-5-12(6-8-13)9-16-11(2)3/h5-8,11,16H,4,9-10H2,1-3H3. The molecular formula is C15H21N3O2. The average Bonchev–Trinajstić information content (AvgIpc) is 2.92. The second kappa shape index (κ2) is 7.05. The third kappa shape index (κ3) is 4.35. The Hall–Kier alpha value is -1.88. The van der Waals surface area contributed by atoms with Crippen LogP contribution in [0.2, 0.25) is 0 Å². The van der Waals surface area contributed by atoms with E-state index in [9.17, 15) is 0 Å². The van der Waals surface area contributed by atoms with Crippen molar-refractivity contribution in [3.8, 4) is 5.75 Å². The molecule has 0 fully saturated rings. The SMILES string of the molecule is CCc1nc(COc2ccc(CNC(C)C)cc2)no1. The number of hydrogen-bond acceptors (Lipinski definition) is 5. The van der Waals surface area contributed by atoms with Crippen LogP contribution in [0.25, 0.3) is 0 Å². The normalized spacial score (nSPS) is 11.0. The summed E-state index contributed by atoms with van der Waals surface area (Å²) in [4.78, 5) is 4.20. The van der Waals surface area contributed by atoms with Gasteiger partial charge in [0, 0.05) is 19.0 Å². The van der Waals surface area contributed by atoms with Crippen molar-refractivity contribution in [3.05, 3.63) is 41.5 Å². The van der Waals surface area contributed by atoms with Crippen molar-refractivity contribution in [2.45, 2.75) is 46.4 Å². The zero-order chi connectivity index (χ0) is 14.4. The minimum absolute atomic E-state index is 0.326. The van der Waals surface area contributed by atoms with Gasteiger partial charge in [-0.3, -0.25) is 0 Å². The molecule has 0 aliphatic heterocycles. The quantitative estimate of drug-likeness (QED) is 0.842. The zero-order valence-electron chi connectivity index (χ0n) is 12.2. The smallest absolute Gasteiger partial charge is 0.226 e. The van der Waals surface area contributed by atoms with Crippen LogP contribution in [-0.2, 0) is 19.6 Å². The maximum absolute atomic E-state index is 5.63. The maximum atomic E-state index is 5.63. The molecule has 0 amide bonds. The molecule has 0 saturated carbocycles. The Bertz CT molecular complexity index is 520. The summed E-state index contributed by atoms with van der Waals surface area (Å²) in [5.41, 5.74) is 1.24.